The zero-order valence-electron chi connectivity index (χ0n) is 10.7. The maximum absolute atomic E-state index is 12.5. The van der Waals surface area contributed by atoms with Gasteiger partial charge in [-0.3, -0.25) is 4.79 Å². The van der Waals surface area contributed by atoms with E-state index in [2.05, 4.69) is 4.98 Å². The van der Waals surface area contributed by atoms with Gasteiger partial charge >= 0.3 is 12.1 Å². The summed E-state index contributed by atoms with van der Waals surface area (Å²) in [6.07, 6.45) is -4.77. The molecule has 0 fully saturated rings. The molecular weight excluding hydrogens is 285 g/mol. The van der Waals surface area contributed by atoms with Crippen LogP contribution < -0.4 is 5.73 Å². The molecule has 110 valence electrons. The van der Waals surface area contributed by atoms with E-state index in [4.69, 9.17) is 10.8 Å². The van der Waals surface area contributed by atoms with Crippen LogP contribution in [0.25, 0.3) is 11.1 Å². The van der Waals surface area contributed by atoms with Crippen LogP contribution in [0.3, 0.4) is 0 Å². The standard InChI is InChI=1S/C14H11F3N2O2/c15-14(16,17)9-3-1-8(2-4-9)10-5-6-12(18)19-11(10)7-13(20)21/h1-6H,7H2,(H2,18,19)(H,20,21). The molecule has 0 aliphatic heterocycles. The number of hydrogen-bond acceptors (Lipinski definition) is 3. The number of nitrogens with zero attached hydrogens (tertiary/aromatic N) is 1. The van der Waals surface area contributed by atoms with Crippen LogP contribution in [0.4, 0.5) is 19.0 Å². The van der Waals surface area contributed by atoms with E-state index in [1.54, 1.807) is 6.07 Å². The van der Waals surface area contributed by atoms with E-state index in [1.807, 2.05) is 0 Å². The van der Waals surface area contributed by atoms with E-state index < -0.39 is 17.7 Å². The van der Waals surface area contributed by atoms with Gasteiger partial charge in [-0.25, -0.2) is 4.98 Å². The molecule has 1 aromatic heterocycles. The summed E-state index contributed by atoms with van der Waals surface area (Å²) in [7, 11) is 0. The number of nitrogen functional groups attached to an aromatic ring is 1. The molecule has 0 saturated heterocycles. The summed E-state index contributed by atoms with van der Waals surface area (Å²) in [6, 6.07) is 7.46. The number of nitrogens with two attached hydrogens (primary N) is 1. The lowest BCUT2D eigenvalue weighted by atomic mass is 10.0. The molecule has 4 nitrogen and oxygen atoms in total. The van der Waals surface area contributed by atoms with Crippen LogP contribution >= 0.6 is 0 Å². The number of carboxylic acids is 1. The fraction of sp³-hybridized carbons (Fsp3) is 0.143. The molecule has 0 radical (unpaired) electrons. The van der Waals surface area contributed by atoms with Crippen LogP contribution in [0.2, 0.25) is 0 Å². The first-order valence-electron chi connectivity index (χ1n) is 5.92. The largest absolute Gasteiger partial charge is 0.481 e. The number of rotatable bonds is 3. The van der Waals surface area contributed by atoms with Crippen LogP contribution in [-0.4, -0.2) is 16.1 Å². The molecule has 0 amide bonds. The third-order valence-electron chi connectivity index (χ3n) is 2.84. The van der Waals surface area contributed by atoms with E-state index >= 15 is 0 Å². The number of carboxylic acid groups (broad SMARTS) is 1. The van der Waals surface area contributed by atoms with Crippen LogP contribution in [-0.2, 0) is 17.4 Å². The first-order chi connectivity index (χ1) is 9.77. The van der Waals surface area contributed by atoms with Crippen molar-refractivity contribution in [3.8, 4) is 11.1 Å². The lowest BCUT2D eigenvalue weighted by molar-refractivity contribution is -0.138. The second-order valence-electron chi connectivity index (χ2n) is 4.38. The summed E-state index contributed by atoms with van der Waals surface area (Å²) >= 11 is 0. The summed E-state index contributed by atoms with van der Waals surface area (Å²) in [5.41, 5.74) is 5.85. The van der Waals surface area contributed by atoms with E-state index in [-0.39, 0.29) is 17.9 Å². The number of aliphatic carboxylic acids is 1. The minimum absolute atomic E-state index is 0.155. The van der Waals surface area contributed by atoms with Crippen molar-refractivity contribution in [3.05, 3.63) is 47.7 Å². The van der Waals surface area contributed by atoms with Crippen molar-refractivity contribution in [2.75, 3.05) is 5.73 Å². The lowest BCUT2D eigenvalue weighted by Crippen LogP contribution is -2.07. The second kappa shape index (κ2) is 5.43. The van der Waals surface area contributed by atoms with Crippen LogP contribution in [0.1, 0.15) is 11.3 Å². The fourth-order valence-electron chi connectivity index (χ4n) is 1.90. The molecule has 1 heterocycles. The molecule has 2 aromatic rings. The molecule has 0 spiro atoms. The van der Waals surface area contributed by atoms with Gasteiger partial charge in [0.2, 0.25) is 0 Å². The Morgan fingerprint density at radius 1 is 1.14 bits per heavy atom. The van der Waals surface area contributed by atoms with Crippen molar-refractivity contribution >= 4 is 11.8 Å². The Bertz CT molecular complexity index is 667. The molecule has 1 aromatic carbocycles. The van der Waals surface area contributed by atoms with Gasteiger partial charge in [-0.05, 0) is 29.8 Å². The van der Waals surface area contributed by atoms with Crippen LogP contribution in [0.5, 0.6) is 0 Å². The Labute approximate surface area is 118 Å². The molecule has 0 bridgehead atoms. The highest BCUT2D eigenvalue weighted by atomic mass is 19.4. The minimum Gasteiger partial charge on any atom is -0.481 e. The predicted octanol–water partition coefficient (Wildman–Crippen LogP) is 2.98. The number of halogens is 3. The molecule has 0 saturated carbocycles. The Morgan fingerprint density at radius 3 is 2.29 bits per heavy atom. The van der Waals surface area contributed by atoms with Gasteiger partial charge in [0.15, 0.2) is 0 Å². The number of aromatic nitrogens is 1. The van der Waals surface area contributed by atoms with E-state index in [9.17, 15) is 18.0 Å². The maximum Gasteiger partial charge on any atom is 0.416 e. The van der Waals surface area contributed by atoms with Crippen LogP contribution in [0, 0.1) is 0 Å². The number of pyridine rings is 1. The summed E-state index contributed by atoms with van der Waals surface area (Å²) < 4.78 is 37.6. The summed E-state index contributed by atoms with van der Waals surface area (Å²) in [5.74, 6) is -0.942. The Balaban J connectivity index is 2.44. The molecule has 2 rings (SSSR count). The normalized spacial score (nSPS) is 11.4. The van der Waals surface area contributed by atoms with Crippen molar-refractivity contribution in [1.82, 2.24) is 4.98 Å². The topological polar surface area (TPSA) is 76.2 Å². The Hall–Kier alpha value is -2.57. The smallest absolute Gasteiger partial charge is 0.416 e. The first-order valence-corrected chi connectivity index (χ1v) is 5.92. The zero-order chi connectivity index (χ0) is 15.6. The quantitative estimate of drug-likeness (QED) is 0.913. The molecule has 21 heavy (non-hydrogen) atoms. The monoisotopic (exact) mass is 296 g/mol. The molecule has 0 atom stereocenters. The van der Waals surface area contributed by atoms with Crippen molar-refractivity contribution in [3.63, 3.8) is 0 Å². The number of alkyl halides is 3. The average molecular weight is 296 g/mol. The molecular formula is C14H11F3N2O2. The minimum atomic E-state index is -4.41. The zero-order valence-corrected chi connectivity index (χ0v) is 10.7. The lowest BCUT2D eigenvalue weighted by Gasteiger charge is -2.10. The summed E-state index contributed by atoms with van der Waals surface area (Å²) in [5, 5.41) is 8.85. The van der Waals surface area contributed by atoms with E-state index in [1.165, 1.54) is 18.2 Å². The third-order valence-corrected chi connectivity index (χ3v) is 2.84. The SMILES string of the molecule is Nc1ccc(-c2ccc(C(F)(F)F)cc2)c(CC(=O)O)n1. The molecule has 0 aliphatic carbocycles. The average Bonchev–Trinajstić information content (AvgIpc) is 2.37. The highest BCUT2D eigenvalue weighted by molar-refractivity contribution is 5.76. The maximum atomic E-state index is 12.5. The number of benzene rings is 1. The highest BCUT2D eigenvalue weighted by Gasteiger charge is 2.30. The van der Waals surface area contributed by atoms with E-state index in [0.717, 1.165) is 12.1 Å². The van der Waals surface area contributed by atoms with Crippen molar-refractivity contribution in [2.45, 2.75) is 12.6 Å². The second-order valence-corrected chi connectivity index (χ2v) is 4.38. The van der Waals surface area contributed by atoms with Crippen molar-refractivity contribution in [1.29, 1.82) is 0 Å². The number of carbonyl (C=O) groups is 1. The van der Waals surface area contributed by atoms with Crippen molar-refractivity contribution < 1.29 is 23.1 Å². The third kappa shape index (κ3) is 3.50. The van der Waals surface area contributed by atoms with Gasteiger partial charge < -0.3 is 10.8 Å². The van der Waals surface area contributed by atoms with Gasteiger partial charge in [0.1, 0.15) is 5.82 Å². The Kier molecular flexibility index (Phi) is 3.84. The first kappa shape index (κ1) is 14.8. The number of hydrogen-bond donors (Lipinski definition) is 2. The van der Waals surface area contributed by atoms with Gasteiger partial charge in [0.25, 0.3) is 0 Å². The highest BCUT2D eigenvalue weighted by Crippen LogP contribution is 2.31. The number of anilines is 1. The predicted molar refractivity (Wildman–Crippen MR) is 70.4 cm³/mol. The molecule has 7 heteroatoms. The van der Waals surface area contributed by atoms with Gasteiger partial charge in [-0.1, -0.05) is 12.1 Å². The molecule has 0 aliphatic rings. The van der Waals surface area contributed by atoms with Gasteiger partial charge in [0.05, 0.1) is 17.7 Å². The van der Waals surface area contributed by atoms with Gasteiger partial charge in [0, 0.05) is 5.56 Å². The molecule has 0 unspecified atom stereocenters. The Morgan fingerprint density at radius 2 is 1.76 bits per heavy atom. The fourth-order valence-corrected chi connectivity index (χ4v) is 1.90. The van der Waals surface area contributed by atoms with Crippen molar-refractivity contribution in [2.24, 2.45) is 0 Å². The molecule has 3 N–H and O–H groups in total. The summed E-state index contributed by atoms with van der Waals surface area (Å²) in [6.45, 7) is 0. The summed E-state index contributed by atoms with van der Waals surface area (Å²) in [4.78, 5) is 14.8. The van der Waals surface area contributed by atoms with E-state index in [0.29, 0.717) is 11.1 Å². The van der Waals surface area contributed by atoms with Crippen LogP contribution in [0.15, 0.2) is 36.4 Å². The van der Waals surface area contributed by atoms with Gasteiger partial charge in [-0.15, -0.1) is 0 Å². The van der Waals surface area contributed by atoms with Gasteiger partial charge in [-0.2, -0.15) is 13.2 Å².